The molecule has 0 saturated carbocycles. The van der Waals surface area contributed by atoms with Crippen LogP contribution >= 0.6 is 11.6 Å². The van der Waals surface area contributed by atoms with E-state index in [-0.39, 0.29) is 45.3 Å². The van der Waals surface area contributed by atoms with Crippen molar-refractivity contribution in [1.82, 2.24) is 25.0 Å². The van der Waals surface area contributed by atoms with Crippen LogP contribution in [0.5, 0.6) is 0 Å². The molecule has 0 radical (unpaired) electrons. The number of hydrogen-bond acceptors (Lipinski definition) is 5. The molecule has 2 aromatic carbocycles. The summed E-state index contributed by atoms with van der Waals surface area (Å²) >= 11 is 6.20. The summed E-state index contributed by atoms with van der Waals surface area (Å²) in [5.41, 5.74) is 0.148. The van der Waals surface area contributed by atoms with Gasteiger partial charge < -0.3 is 15.5 Å². The fourth-order valence-electron chi connectivity index (χ4n) is 4.33. The summed E-state index contributed by atoms with van der Waals surface area (Å²) in [4.78, 5) is 32.3. The summed E-state index contributed by atoms with van der Waals surface area (Å²) < 4.78 is 30.4. The maximum atomic E-state index is 14.7. The number of likely N-dealkylation sites (N-methyl/N-ethyl adjacent to an activating group) is 1. The number of amides is 2. The SMILES string of the molecule is CN1CCC(NC(=O)c2cc(NC(=O)c3cc(-c4ncccc4F)c(F)cc3Cl)n(-c3ccccc3)n2)C1. The van der Waals surface area contributed by atoms with Gasteiger partial charge in [-0.2, -0.15) is 5.10 Å². The Kier molecular flexibility index (Phi) is 7.17. The molecular formula is C27H23ClF2N6O2. The van der Waals surface area contributed by atoms with Crippen LogP contribution < -0.4 is 10.6 Å². The largest absolute Gasteiger partial charge is 0.347 e. The molecule has 1 aliphatic heterocycles. The van der Waals surface area contributed by atoms with Crippen molar-refractivity contribution in [2.45, 2.75) is 12.5 Å². The molecular weight excluding hydrogens is 514 g/mol. The monoisotopic (exact) mass is 536 g/mol. The average molecular weight is 537 g/mol. The molecule has 38 heavy (non-hydrogen) atoms. The Hall–Kier alpha value is -4.15. The first-order chi connectivity index (χ1) is 18.3. The van der Waals surface area contributed by atoms with Crippen LogP contribution in [-0.2, 0) is 0 Å². The summed E-state index contributed by atoms with van der Waals surface area (Å²) in [6.07, 6.45) is 2.15. The van der Waals surface area contributed by atoms with Crippen molar-refractivity contribution < 1.29 is 18.4 Å². The number of para-hydroxylation sites is 1. The number of pyridine rings is 1. The minimum absolute atomic E-state index is 0.00384. The minimum atomic E-state index is -0.824. The highest BCUT2D eigenvalue weighted by molar-refractivity contribution is 6.34. The lowest BCUT2D eigenvalue weighted by Crippen LogP contribution is -2.36. The fourth-order valence-corrected chi connectivity index (χ4v) is 4.57. The van der Waals surface area contributed by atoms with Gasteiger partial charge in [0.2, 0.25) is 0 Å². The highest BCUT2D eigenvalue weighted by Gasteiger charge is 2.25. The van der Waals surface area contributed by atoms with Crippen LogP contribution in [0.15, 0.2) is 66.9 Å². The van der Waals surface area contributed by atoms with Gasteiger partial charge in [-0.1, -0.05) is 29.8 Å². The molecule has 1 aliphatic rings. The van der Waals surface area contributed by atoms with Crippen molar-refractivity contribution in [1.29, 1.82) is 0 Å². The molecule has 2 N–H and O–H groups in total. The van der Waals surface area contributed by atoms with Gasteiger partial charge in [0.25, 0.3) is 11.8 Å². The van der Waals surface area contributed by atoms with Crippen LogP contribution in [0.3, 0.4) is 0 Å². The highest BCUT2D eigenvalue weighted by Crippen LogP contribution is 2.30. The van der Waals surface area contributed by atoms with Crippen LogP contribution in [0, 0.1) is 11.6 Å². The molecule has 8 nitrogen and oxygen atoms in total. The second kappa shape index (κ2) is 10.7. The maximum absolute atomic E-state index is 14.7. The van der Waals surface area contributed by atoms with Crippen molar-refractivity contribution in [3.63, 3.8) is 0 Å². The van der Waals surface area contributed by atoms with Gasteiger partial charge in [-0.25, -0.2) is 13.5 Å². The van der Waals surface area contributed by atoms with Gasteiger partial charge in [-0.05, 0) is 56.4 Å². The predicted octanol–water partition coefficient (Wildman–Crippen LogP) is 4.55. The number of halogens is 3. The molecule has 2 aromatic heterocycles. The van der Waals surface area contributed by atoms with Crippen molar-refractivity contribution in [3.05, 3.63) is 94.8 Å². The van der Waals surface area contributed by atoms with Gasteiger partial charge >= 0.3 is 0 Å². The number of carbonyl (C=O) groups excluding carboxylic acids is 2. The van der Waals surface area contributed by atoms with E-state index in [1.165, 1.54) is 23.0 Å². The second-order valence-corrected chi connectivity index (χ2v) is 9.39. The summed E-state index contributed by atoms with van der Waals surface area (Å²) in [6, 6.07) is 15.0. The number of aromatic nitrogens is 3. The Morgan fingerprint density at radius 3 is 2.53 bits per heavy atom. The third kappa shape index (κ3) is 5.27. The number of nitrogens with one attached hydrogen (secondary N) is 2. The maximum Gasteiger partial charge on any atom is 0.272 e. The van der Waals surface area contributed by atoms with E-state index in [0.29, 0.717) is 5.69 Å². The lowest BCUT2D eigenvalue weighted by molar-refractivity contribution is 0.0932. The van der Waals surface area contributed by atoms with Crippen LogP contribution in [0.4, 0.5) is 14.6 Å². The predicted molar refractivity (Wildman–Crippen MR) is 139 cm³/mol. The van der Waals surface area contributed by atoms with E-state index >= 15 is 0 Å². The van der Waals surface area contributed by atoms with E-state index in [0.717, 1.165) is 37.7 Å². The van der Waals surface area contributed by atoms with Crippen LogP contribution in [0.1, 0.15) is 27.3 Å². The smallest absolute Gasteiger partial charge is 0.272 e. The molecule has 1 unspecified atom stereocenters. The molecule has 0 bridgehead atoms. The van der Waals surface area contributed by atoms with E-state index in [2.05, 4.69) is 25.6 Å². The highest BCUT2D eigenvalue weighted by atomic mass is 35.5. The van der Waals surface area contributed by atoms with Gasteiger partial charge in [0.15, 0.2) is 5.69 Å². The summed E-state index contributed by atoms with van der Waals surface area (Å²) in [5.74, 6) is -2.44. The zero-order valence-electron chi connectivity index (χ0n) is 20.3. The summed E-state index contributed by atoms with van der Waals surface area (Å²) in [6.45, 7) is 1.62. The van der Waals surface area contributed by atoms with Crippen LogP contribution in [0.2, 0.25) is 5.02 Å². The van der Waals surface area contributed by atoms with Crippen molar-refractivity contribution in [2.75, 3.05) is 25.5 Å². The molecule has 11 heteroatoms. The van der Waals surface area contributed by atoms with Crippen molar-refractivity contribution in [3.8, 4) is 16.9 Å². The molecule has 0 aliphatic carbocycles. The normalized spacial score (nSPS) is 15.4. The molecule has 4 aromatic rings. The Bertz CT molecular complexity index is 1510. The molecule has 1 fully saturated rings. The Balaban J connectivity index is 1.47. The molecule has 1 saturated heterocycles. The minimum Gasteiger partial charge on any atom is -0.347 e. The third-order valence-electron chi connectivity index (χ3n) is 6.23. The number of nitrogens with zero attached hydrogens (tertiary/aromatic N) is 4. The number of hydrogen-bond donors (Lipinski definition) is 2. The van der Waals surface area contributed by atoms with Crippen molar-refractivity contribution in [2.24, 2.45) is 0 Å². The quantitative estimate of drug-likeness (QED) is 0.377. The zero-order valence-corrected chi connectivity index (χ0v) is 21.0. The lowest BCUT2D eigenvalue weighted by Gasteiger charge is -2.12. The first-order valence-electron chi connectivity index (χ1n) is 11.9. The zero-order chi connectivity index (χ0) is 26.8. The third-order valence-corrected chi connectivity index (χ3v) is 6.54. The van der Waals surface area contributed by atoms with Gasteiger partial charge in [0.05, 0.1) is 16.3 Å². The topological polar surface area (TPSA) is 92.2 Å². The molecule has 1 atom stereocenters. The Morgan fingerprint density at radius 2 is 1.82 bits per heavy atom. The second-order valence-electron chi connectivity index (χ2n) is 8.98. The molecule has 2 amide bonds. The van der Waals surface area contributed by atoms with E-state index in [9.17, 15) is 18.4 Å². The average Bonchev–Trinajstić information content (AvgIpc) is 3.51. The summed E-state index contributed by atoms with van der Waals surface area (Å²) in [7, 11) is 1.98. The molecule has 3 heterocycles. The van der Waals surface area contributed by atoms with E-state index in [1.807, 2.05) is 13.1 Å². The van der Waals surface area contributed by atoms with E-state index in [1.54, 1.807) is 24.3 Å². The molecule has 194 valence electrons. The standard InChI is InChI=1S/C27H23ClF2N6O2/c1-35-11-9-16(15-35)32-27(38)23-14-24(36(34-23)17-6-3-2-4-7-17)33-26(37)18-12-19(22(30)13-20(18)28)25-21(29)8-5-10-31-25/h2-8,10,12-14,16H,9,11,15H2,1H3,(H,32,38)(H,33,37). The summed E-state index contributed by atoms with van der Waals surface area (Å²) in [5, 5.41) is 9.93. The first kappa shape index (κ1) is 25.5. The van der Waals surface area contributed by atoms with Crippen molar-refractivity contribution >= 4 is 29.2 Å². The van der Waals surface area contributed by atoms with Gasteiger partial charge in [0, 0.05) is 30.4 Å². The van der Waals surface area contributed by atoms with E-state index < -0.39 is 17.5 Å². The fraction of sp³-hybridized carbons (Fsp3) is 0.185. The van der Waals surface area contributed by atoms with Gasteiger partial charge in [-0.3, -0.25) is 14.6 Å². The number of carbonyl (C=O) groups is 2. The molecule has 5 rings (SSSR count). The lowest BCUT2D eigenvalue weighted by atomic mass is 10.1. The number of likely N-dealkylation sites (tertiary alicyclic amines) is 1. The number of rotatable bonds is 6. The molecule has 0 spiro atoms. The Labute approximate surface area is 222 Å². The van der Waals surface area contributed by atoms with Crippen LogP contribution in [-0.4, -0.2) is 57.7 Å². The van der Waals surface area contributed by atoms with Gasteiger partial charge in [-0.15, -0.1) is 0 Å². The van der Waals surface area contributed by atoms with E-state index in [4.69, 9.17) is 11.6 Å². The van der Waals surface area contributed by atoms with Crippen LogP contribution in [0.25, 0.3) is 16.9 Å². The number of benzene rings is 2. The van der Waals surface area contributed by atoms with Gasteiger partial charge in [0.1, 0.15) is 23.1 Å². The first-order valence-corrected chi connectivity index (χ1v) is 12.2. The number of anilines is 1. The Morgan fingerprint density at radius 1 is 1.03 bits per heavy atom.